The van der Waals surface area contributed by atoms with E-state index in [-0.39, 0.29) is 12.6 Å². The van der Waals surface area contributed by atoms with Gasteiger partial charge < -0.3 is 20.2 Å². The molecule has 0 aromatic rings. The first-order chi connectivity index (χ1) is 8.66. The van der Waals surface area contributed by atoms with Crippen molar-refractivity contribution in [2.45, 2.75) is 0 Å². The maximum Gasteiger partial charge on any atom is 0.320 e. The van der Waals surface area contributed by atoms with Gasteiger partial charge in [0.2, 0.25) is 0 Å². The molecule has 0 radical (unpaired) electrons. The second-order valence-corrected chi connectivity index (χ2v) is 4.68. The van der Waals surface area contributed by atoms with Gasteiger partial charge in [-0.2, -0.15) is 0 Å². The van der Waals surface area contributed by atoms with E-state index in [0.717, 1.165) is 26.2 Å². The molecule has 2 saturated heterocycles. The number of hydrogen-bond donors (Lipinski definition) is 2. The van der Waals surface area contributed by atoms with E-state index in [0.29, 0.717) is 26.2 Å². The Morgan fingerprint density at radius 3 is 2.06 bits per heavy atom. The first-order valence-electron chi connectivity index (χ1n) is 6.35. The Bertz CT molecular complexity index is 309. The fraction of sp³-hybridized carbons (Fsp3) is 0.818. The van der Waals surface area contributed by atoms with E-state index in [1.165, 1.54) is 0 Å². The third-order valence-corrected chi connectivity index (χ3v) is 3.39. The Labute approximate surface area is 106 Å². The minimum atomic E-state index is -0.808. The first-order valence-corrected chi connectivity index (χ1v) is 6.35. The van der Waals surface area contributed by atoms with Gasteiger partial charge in [0.1, 0.15) is 0 Å². The lowest BCUT2D eigenvalue weighted by molar-refractivity contribution is -0.138. The summed E-state index contributed by atoms with van der Waals surface area (Å²) < 4.78 is 0. The van der Waals surface area contributed by atoms with Crippen LogP contribution >= 0.6 is 0 Å². The van der Waals surface area contributed by atoms with E-state index in [1.54, 1.807) is 0 Å². The molecule has 0 unspecified atom stereocenters. The number of carboxylic acid groups (broad SMARTS) is 1. The summed E-state index contributed by atoms with van der Waals surface area (Å²) in [5, 5.41) is 11.9. The minimum Gasteiger partial charge on any atom is -0.480 e. The Morgan fingerprint density at radius 2 is 1.50 bits per heavy atom. The third kappa shape index (κ3) is 3.33. The maximum atomic E-state index is 12.2. The summed E-state index contributed by atoms with van der Waals surface area (Å²) in [6.07, 6.45) is 0. The number of hydrogen-bond acceptors (Lipinski definition) is 4. The molecule has 0 spiro atoms. The fourth-order valence-corrected chi connectivity index (χ4v) is 2.34. The summed E-state index contributed by atoms with van der Waals surface area (Å²) in [5.41, 5.74) is 0. The number of rotatable bonds is 2. The molecule has 0 saturated carbocycles. The second kappa shape index (κ2) is 6.01. The molecule has 7 heteroatoms. The molecule has 0 aromatic heterocycles. The van der Waals surface area contributed by atoms with E-state index < -0.39 is 5.97 Å². The topological polar surface area (TPSA) is 76.1 Å². The van der Waals surface area contributed by atoms with Crippen molar-refractivity contribution in [3.8, 4) is 0 Å². The molecule has 7 nitrogen and oxygen atoms in total. The summed E-state index contributed by atoms with van der Waals surface area (Å²) in [6.45, 7) is 5.81. The smallest absolute Gasteiger partial charge is 0.320 e. The van der Waals surface area contributed by atoms with E-state index >= 15 is 0 Å². The fourth-order valence-electron chi connectivity index (χ4n) is 2.34. The van der Waals surface area contributed by atoms with Crippen molar-refractivity contribution in [3.63, 3.8) is 0 Å². The number of urea groups is 1. The molecule has 0 atom stereocenters. The van der Waals surface area contributed by atoms with Crippen LogP contribution < -0.4 is 5.32 Å². The van der Waals surface area contributed by atoms with Crippen LogP contribution in [-0.2, 0) is 4.79 Å². The van der Waals surface area contributed by atoms with Crippen molar-refractivity contribution < 1.29 is 14.7 Å². The summed E-state index contributed by atoms with van der Waals surface area (Å²) >= 11 is 0. The zero-order chi connectivity index (χ0) is 13.0. The zero-order valence-corrected chi connectivity index (χ0v) is 10.5. The van der Waals surface area contributed by atoms with Crippen molar-refractivity contribution in [2.24, 2.45) is 0 Å². The SMILES string of the molecule is O=C(O)CN1CCN(C(=O)N2CCNCC2)CC1. The number of carboxylic acids is 1. The number of carbonyl (C=O) groups excluding carboxylic acids is 1. The van der Waals surface area contributed by atoms with Crippen LogP contribution in [0.1, 0.15) is 0 Å². The number of piperazine rings is 2. The first kappa shape index (κ1) is 13.1. The molecule has 18 heavy (non-hydrogen) atoms. The molecule has 2 aliphatic heterocycles. The molecule has 0 aromatic carbocycles. The molecule has 102 valence electrons. The largest absolute Gasteiger partial charge is 0.480 e. The molecule has 0 aliphatic carbocycles. The van der Waals surface area contributed by atoms with Crippen LogP contribution in [0, 0.1) is 0 Å². The average molecular weight is 256 g/mol. The number of amides is 2. The van der Waals surface area contributed by atoms with Crippen LogP contribution in [0.4, 0.5) is 4.79 Å². The van der Waals surface area contributed by atoms with Crippen LogP contribution in [0.2, 0.25) is 0 Å². The Hall–Kier alpha value is -1.34. The van der Waals surface area contributed by atoms with Crippen molar-refractivity contribution >= 4 is 12.0 Å². The molecule has 2 fully saturated rings. The molecule has 2 heterocycles. The summed E-state index contributed by atoms with van der Waals surface area (Å²) in [5.74, 6) is -0.808. The molecule has 2 amide bonds. The highest BCUT2D eigenvalue weighted by Gasteiger charge is 2.26. The molecule has 2 rings (SSSR count). The monoisotopic (exact) mass is 256 g/mol. The molecular weight excluding hydrogens is 236 g/mol. The van der Waals surface area contributed by atoms with E-state index in [9.17, 15) is 9.59 Å². The summed E-state index contributed by atoms with van der Waals surface area (Å²) in [6, 6.07) is 0.0893. The number of carbonyl (C=O) groups is 2. The van der Waals surface area contributed by atoms with Gasteiger partial charge in [-0.05, 0) is 0 Å². The van der Waals surface area contributed by atoms with Crippen LogP contribution in [0.15, 0.2) is 0 Å². The van der Waals surface area contributed by atoms with Crippen molar-refractivity contribution in [1.29, 1.82) is 0 Å². The van der Waals surface area contributed by atoms with Crippen LogP contribution in [0.3, 0.4) is 0 Å². The number of aliphatic carboxylic acids is 1. The molecule has 2 aliphatic rings. The quantitative estimate of drug-likeness (QED) is 0.643. The van der Waals surface area contributed by atoms with Crippen LogP contribution in [0.25, 0.3) is 0 Å². The van der Waals surface area contributed by atoms with Gasteiger partial charge >= 0.3 is 12.0 Å². The predicted molar refractivity (Wildman–Crippen MR) is 65.5 cm³/mol. The van der Waals surface area contributed by atoms with Gasteiger partial charge in [-0.15, -0.1) is 0 Å². The number of nitrogens with one attached hydrogen (secondary N) is 1. The molecule has 2 N–H and O–H groups in total. The van der Waals surface area contributed by atoms with E-state index in [4.69, 9.17) is 5.11 Å². The van der Waals surface area contributed by atoms with Gasteiger partial charge in [0.05, 0.1) is 6.54 Å². The molecule has 0 bridgehead atoms. The number of nitrogens with zero attached hydrogens (tertiary/aromatic N) is 3. The van der Waals surface area contributed by atoms with Crippen molar-refractivity contribution in [2.75, 3.05) is 58.9 Å². The van der Waals surface area contributed by atoms with Gasteiger partial charge in [0.15, 0.2) is 0 Å². The van der Waals surface area contributed by atoms with E-state index in [2.05, 4.69) is 5.32 Å². The van der Waals surface area contributed by atoms with Gasteiger partial charge in [0.25, 0.3) is 0 Å². The Balaban J connectivity index is 1.78. The zero-order valence-electron chi connectivity index (χ0n) is 10.5. The minimum absolute atomic E-state index is 0.0651. The standard InChI is InChI=1S/C11H20N4O3/c16-10(17)9-13-5-7-15(8-6-13)11(18)14-3-1-12-2-4-14/h12H,1-9H2,(H,16,17). The van der Waals surface area contributed by atoms with Gasteiger partial charge in [-0.25, -0.2) is 4.79 Å². The third-order valence-electron chi connectivity index (χ3n) is 3.39. The van der Waals surface area contributed by atoms with E-state index in [1.807, 2.05) is 14.7 Å². The lowest BCUT2D eigenvalue weighted by atomic mass is 10.3. The Kier molecular flexibility index (Phi) is 4.38. The molecular formula is C11H20N4O3. The van der Waals surface area contributed by atoms with Crippen molar-refractivity contribution in [1.82, 2.24) is 20.0 Å². The lowest BCUT2D eigenvalue weighted by Gasteiger charge is -2.38. The van der Waals surface area contributed by atoms with Gasteiger partial charge in [-0.3, -0.25) is 9.69 Å². The van der Waals surface area contributed by atoms with Crippen LogP contribution in [-0.4, -0.2) is 90.7 Å². The average Bonchev–Trinajstić information content (AvgIpc) is 2.39. The maximum absolute atomic E-state index is 12.2. The lowest BCUT2D eigenvalue weighted by Crippen LogP contribution is -2.56. The predicted octanol–water partition coefficient (Wildman–Crippen LogP) is -1.29. The highest BCUT2D eigenvalue weighted by molar-refractivity contribution is 5.75. The van der Waals surface area contributed by atoms with Crippen molar-refractivity contribution in [3.05, 3.63) is 0 Å². The second-order valence-electron chi connectivity index (χ2n) is 4.68. The van der Waals surface area contributed by atoms with Crippen LogP contribution in [0.5, 0.6) is 0 Å². The summed E-state index contributed by atoms with van der Waals surface area (Å²) in [4.78, 5) is 28.3. The normalized spacial score (nSPS) is 22.0. The Morgan fingerprint density at radius 1 is 0.944 bits per heavy atom. The highest BCUT2D eigenvalue weighted by atomic mass is 16.4. The van der Waals surface area contributed by atoms with Gasteiger partial charge in [0, 0.05) is 52.4 Å². The summed E-state index contributed by atoms with van der Waals surface area (Å²) in [7, 11) is 0. The van der Waals surface area contributed by atoms with Gasteiger partial charge in [-0.1, -0.05) is 0 Å². The highest BCUT2D eigenvalue weighted by Crippen LogP contribution is 2.06.